The summed E-state index contributed by atoms with van der Waals surface area (Å²) in [6.07, 6.45) is 4.55. The van der Waals surface area contributed by atoms with Crippen molar-refractivity contribution in [2.45, 2.75) is 24.0 Å². The number of aromatic nitrogens is 2. The van der Waals surface area contributed by atoms with Crippen molar-refractivity contribution in [2.24, 2.45) is 0 Å². The van der Waals surface area contributed by atoms with Gasteiger partial charge < -0.3 is 19.7 Å². The van der Waals surface area contributed by atoms with Crippen molar-refractivity contribution in [3.63, 3.8) is 0 Å². The summed E-state index contributed by atoms with van der Waals surface area (Å²) in [5.74, 6) is 0.198. The van der Waals surface area contributed by atoms with Crippen molar-refractivity contribution in [1.29, 1.82) is 0 Å². The molecule has 3 aromatic rings. The number of sulfonamides is 1. The molecule has 168 valence electrons. The molecule has 2 N–H and O–H groups in total. The SMILES string of the molecule is O=C(Oc1ccccc1O)N1CC(S(=O)(=O)N2CCC(c3c[nH]c4ncccc34)CC2)C1. The molecule has 0 unspecified atom stereocenters. The molecule has 0 aliphatic carbocycles. The summed E-state index contributed by atoms with van der Waals surface area (Å²) in [4.78, 5) is 21.1. The van der Waals surface area contributed by atoms with Crippen LogP contribution in [-0.4, -0.2) is 70.2 Å². The number of nitrogens with zero attached hydrogens (tertiary/aromatic N) is 3. The van der Waals surface area contributed by atoms with Gasteiger partial charge in [-0.15, -0.1) is 0 Å². The maximum Gasteiger partial charge on any atom is 0.415 e. The van der Waals surface area contributed by atoms with E-state index in [4.69, 9.17) is 4.74 Å². The first-order valence-electron chi connectivity index (χ1n) is 10.6. The number of phenols is 1. The van der Waals surface area contributed by atoms with Crippen LogP contribution in [0, 0.1) is 0 Å². The molecule has 32 heavy (non-hydrogen) atoms. The summed E-state index contributed by atoms with van der Waals surface area (Å²) in [6.45, 7) is 1.09. The van der Waals surface area contributed by atoms with Crippen LogP contribution in [0.4, 0.5) is 4.79 Å². The van der Waals surface area contributed by atoms with Crippen LogP contribution >= 0.6 is 0 Å². The van der Waals surface area contributed by atoms with Crippen LogP contribution in [0.1, 0.15) is 24.3 Å². The summed E-state index contributed by atoms with van der Waals surface area (Å²) in [5.41, 5.74) is 2.04. The summed E-state index contributed by atoms with van der Waals surface area (Å²) >= 11 is 0. The third-order valence-electron chi connectivity index (χ3n) is 6.33. The summed E-state index contributed by atoms with van der Waals surface area (Å²) in [7, 11) is -3.49. The number of phenolic OH excluding ortho intramolecular Hbond substituents is 1. The van der Waals surface area contributed by atoms with E-state index in [1.807, 2.05) is 18.3 Å². The molecule has 0 bridgehead atoms. The number of hydrogen-bond acceptors (Lipinski definition) is 6. The number of H-pyrrole nitrogens is 1. The molecule has 2 aromatic heterocycles. The summed E-state index contributed by atoms with van der Waals surface area (Å²) in [6, 6.07) is 10.1. The lowest BCUT2D eigenvalue weighted by atomic mass is 9.90. The minimum Gasteiger partial charge on any atom is -0.504 e. The second-order valence-electron chi connectivity index (χ2n) is 8.22. The Bertz CT molecular complexity index is 1240. The second kappa shape index (κ2) is 8.10. The maximum atomic E-state index is 13.0. The molecular weight excluding hydrogens is 432 g/mol. The number of para-hydroxylation sites is 2. The number of aromatic hydroxyl groups is 1. The molecule has 0 atom stereocenters. The lowest BCUT2D eigenvalue weighted by molar-refractivity contribution is 0.123. The van der Waals surface area contributed by atoms with Crippen LogP contribution in [0.25, 0.3) is 11.0 Å². The standard InChI is InChI=1S/C22H24N4O5S/c27-19-5-1-2-6-20(19)31-22(28)25-13-16(14-25)32(29,30)26-10-7-15(8-11-26)18-12-24-21-17(18)4-3-9-23-21/h1-6,9,12,15-16,27H,7-8,10-11,13-14H2,(H,23,24). The van der Waals surface area contributed by atoms with E-state index in [0.717, 1.165) is 23.9 Å². The van der Waals surface area contributed by atoms with E-state index in [1.54, 1.807) is 22.6 Å². The van der Waals surface area contributed by atoms with Gasteiger partial charge in [0.15, 0.2) is 11.5 Å². The Labute approximate surface area is 185 Å². The number of carbonyl (C=O) groups is 1. The van der Waals surface area contributed by atoms with Gasteiger partial charge in [-0.1, -0.05) is 12.1 Å². The molecule has 1 aromatic carbocycles. The van der Waals surface area contributed by atoms with Crippen molar-refractivity contribution in [3.05, 3.63) is 54.4 Å². The van der Waals surface area contributed by atoms with E-state index >= 15 is 0 Å². The van der Waals surface area contributed by atoms with E-state index in [0.29, 0.717) is 13.1 Å². The number of rotatable bonds is 4. The molecule has 0 spiro atoms. The molecule has 10 heteroatoms. The molecule has 2 aliphatic heterocycles. The highest BCUT2D eigenvalue weighted by atomic mass is 32.2. The first-order valence-corrected chi connectivity index (χ1v) is 12.1. The zero-order chi connectivity index (χ0) is 22.3. The molecule has 0 radical (unpaired) electrons. The number of fused-ring (bicyclic) bond motifs is 1. The quantitative estimate of drug-likeness (QED) is 0.624. The molecule has 4 heterocycles. The zero-order valence-corrected chi connectivity index (χ0v) is 18.2. The molecule has 2 fully saturated rings. The van der Waals surface area contributed by atoms with Crippen LogP contribution in [0.15, 0.2) is 48.8 Å². The van der Waals surface area contributed by atoms with Crippen molar-refractivity contribution >= 4 is 27.1 Å². The Morgan fingerprint density at radius 1 is 1.12 bits per heavy atom. The largest absolute Gasteiger partial charge is 0.504 e. The number of carbonyl (C=O) groups excluding carboxylic acids is 1. The average molecular weight is 457 g/mol. The van der Waals surface area contributed by atoms with Gasteiger partial charge in [0.25, 0.3) is 0 Å². The highest BCUT2D eigenvalue weighted by molar-refractivity contribution is 7.89. The van der Waals surface area contributed by atoms with Crippen LogP contribution < -0.4 is 4.74 Å². The van der Waals surface area contributed by atoms with Crippen molar-refractivity contribution in [3.8, 4) is 11.5 Å². The van der Waals surface area contributed by atoms with E-state index in [1.165, 1.54) is 22.6 Å². The average Bonchev–Trinajstić information content (AvgIpc) is 3.18. The van der Waals surface area contributed by atoms with Gasteiger partial charge in [-0.05, 0) is 48.6 Å². The Morgan fingerprint density at radius 2 is 1.88 bits per heavy atom. The minimum absolute atomic E-state index is 0.0540. The van der Waals surface area contributed by atoms with Gasteiger partial charge >= 0.3 is 6.09 Å². The molecule has 5 rings (SSSR count). The predicted molar refractivity (Wildman–Crippen MR) is 118 cm³/mol. The molecule has 0 saturated carbocycles. The fourth-order valence-electron chi connectivity index (χ4n) is 4.42. The van der Waals surface area contributed by atoms with Gasteiger partial charge in [-0.2, -0.15) is 0 Å². The minimum atomic E-state index is -3.49. The second-order valence-corrected chi connectivity index (χ2v) is 10.4. The van der Waals surface area contributed by atoms with Crippen molar-refractivity contribution < 1.29 is 23.1 Å². The van der Waals surface area contributed by atoms with Crippen LogP contribution in [0.2, 0.25) is 0 Å². The number of aromatic amines is 1. The first-order chi connectivity index (χ1) is 15.4. The Morgan fingerprint density at radius 3 is 2.62 bits per heavy atom. The number of pyridine rings is 1. The van der Waals surface area contributed by atoms with E-state index in [9.17, 15) is 18.3 Å². The molecular formula is C22H24N4O5S. The van der Waals surface area contributed by atoms with Gasteiger partial charge in [0.05, 0.1) is 0 Å². The number of ether oxygens (including phenoxy) is 1. The molecule has 9 nitrogen and oxygen atoms in total. The zero-order valence-electron chi connectivity index (χ0n) is 17.3. The van der Waals surface area contributed by atoms with E-state index < -0.39 is 21.4 Å². The number of piperidine rings is 1. The van der Waals surface area contributed by atoms with E-state index in [2.05, 4.69) is 9.97 Å². The van der Waals surface area contributed by atoms with Crippen LogP contribution in [0.3, 0.4) is 0 Å². The third-order valence-corrected chi connectivity index (χ3v) is 8.55. The fraction of sp³-hybridized carbons (Fsp3) is 0.364. The monoisotopic (exact) mass is 456 g/mol. The van der Waals surface area contributed by atoms with Crippen molar-refractivity contribution in [2.75, 3.05) is 26.2 Å². The highest BCUT2D eigenvalue weighted by Gasteiger charge is 2.44. The summed E-state index contributed by atoms with van der Waals surface area (Å²) in [5, 5.41) is 10.2. The number of amides is 1. The number of nitrogens with one attached hydrogen (secondary N) is 1. The van der Waals surface area contributed by atoms with Gasteiger partial charge in [-0.3, -0.25) is 0 Å². The normalized spacial score (nSPS) is 18.6. The Kier molecular flexibility index (Phi) is 5.26. The number of likely N-dealkylation sites (tertiary alicyclic amines) is 1. The van der Waals surface area contributed by atoms with Crippen LogP contribution in [0.5, 0.6) is 11.5 Å². The summed E-state index contributed by atoms with van der Waals surface area (Å²) < 4.78 is 32.8. The first kappa shape index (κ1) is 20.8. The van der Waals surface area contributed by atoms with Crippen LogP contribution in [-0.2, 0) is 10.0 Å². The molecule has 2 saturated heterocycles. The smallest absolute Gasteiger partial charge is 0.415 e. The van der Waals surface area contributed by atoms with E-state index in [-0.39, 0.29) is 30.5 Å². The molecule has 1 amide bonds. The highest BCUT2D eigenvalue weighted by Crippen LogP contribution is 2.34. The van der Waals surface area contributed by atoms with Gasteiger partial charge in [0.2, 0.25) is 10.0 Å². The number of benzene rings is 1. The van der Waals surface area contributed by atoms with Gasteiger partial charge in [-0.25, -0.2) is 22.5 Å². The topological polar surface area (TPSA) is 116 Å². The Balaban J connectivity index is 1.17. The lowest BCUT2D eigenvalue weighted by Gasteiger charge is -2.41. The lowest BCUT2D eigenvalue weighted by Crippen LogP contribution is -2.61. The number of hydrogen-bond donors (Lipinski definition) is 2. The van der Waals surface area contributed by atoms with Crippen molar-refractivity contribution in [1.82, 2.24) is 19.2 Å². The fourth-order valence-corrected chi connectivity index (χ4v) is 6.30. The maximum absolute atomic E-state index is 13.0. The third kappa shape index (κ3) is 3.69. The van der Waals surface area contributed by atoms with Gasteiger partial charge in [0, 0.05) is 44.0 Å². The predicted octanol–water partition coefficient (Wildman–Crippen LogP) is 2.66. The Hall–Kier alpha value is -3.11. The van der Waals surface area contributed by atoms with Gasteiger partial charge in [0.1, 0.15) is 10.9 Å². The molecule has 2 aliphatic rings.